The summed E-state index contributed by atoms with van der Waals surface area (Å²) in [6, 6.07) is 33.7. The number of likely N-dealkylation sites (tertiary alicyclic amines) is 1. The molecule has 5 atom stereocenters. The smallest absolute Gasteiger partial charge is 0.264 e. The molecular weight excluding hydrogens is 614 g/mol. The van der Waals surface area contributed by atoms with Gasteiger partial charge in [-0.05, 0) is 47.4 Å². The number of rotatable bonds is 9. The number of ether oxygens (including phenoxy) is 2. The van der Waals surface area contributed by atoms with Gasteiger partial charge in [-0.25, -0.2) is 8.42 Å². The summed E-state index contributed by atoms with van der Waals surface area (Å²) in [7, 11) is -3.97. The van der Waals surface area contributed by atoms with Gasteiger partial charge < -0.3 is 19.7 Å². The lowest BCUT2D eigenvalue weighted by molar-refractivity contribution is -0.263. The second-order valence-electron chi connectivity index (χ2n) is 12.2. The molecule has 2 aliphatic rings. The second-order valence-corrected chi connectivity index (χ2v) is 13.8. The highest BCUT2D eigenvalue weighted by Crippen LogP contribution is 2.47. The number of aliphatic hydroxyl groups is 2. The van der Waals surface area contributed by atoms with Gasteiger partial charge in [0.15, 0.2) is 6.29 Å². The van der Waals surface area contributed by atoms with E-state index in [9.17, 15) is 18.6 Å². The number of hydrogen-bond donors (Lipinski definition) is 3. The molecule has 3 heterocycles. The van der Waals surface area contributed by atoms with Crippen molar-refractivity contribution in [1.82, 2.24) is 9.88 Å². The van der Waals surface area contributed by atoms with Crippen LogP contribution in [0.15, 0.2) is 120 Å². The van der Waals surface area contributed by atoms with Gasteiger partial charge in [0, 0.05) is 48.4 Å². The largest absolute Gasteiger partial charge is 0.392 e. The molecule has 0 radical (unpaired) electrons. The summed E-state index contributed by atoms with van der Waals surface area (Å²) in [6.45, 7) is 1.87. The Kier molecular flexibility index (Phi) is 9.05. The number of anilines is 1. The fourth-order valence-corrected chi connectivity index (χ4v) is 7.88. The van der Waals surface area contributed by atoms with Gasteiger partial charge in [-0.2, -0.15) is 0 Å². The number of pyridine rings is 1. The zero-order chi connectivity index (χ0) is 32.4. The van der Waals surface area contributed by atoms with Gasteiger partial charge in [0.05, 0.1) is 30.4 Å². The van der Waals surface area contributed by atoms with Gasteiger partial charge in [-0.3, -0.25) is 14.6 Å². The summed E-state index contributed by atoms with van der Waals surface area (Å²) in [5.41, 5.74) is 4.24. The van der Waals surface area contributed by atoms with E-state index in [1.807, 2.05) is 60.7 Å². The number of fused-ring (bicyclic) bond motifs is 1. The normalized spacial score (nSPS) is 23.6. The first-order valence-corrected chi connectivity index (χ1v) is 17.3. The van der Waals surface area contributed by atoms with Crippen LogP contribution in [0, 0.1) is 0 Å². The molecule has 2 aliphatic heterocycles. The lowest BCUT2D eigenvalue weighted by atomic mass is 9.83. The molecule has 9 nitrogen and oxygen atoms in total. The van der Waals surface area contributed by atoms with Crippen molar-refractivity contribution in [1.29, 1.82) is 0 Å². The molecule has 0 amide bonds. The predicted octanol–water partition coefficient (Wildman–Crippen LogP) is 5.53. The summed E-state index contributed by atoms with van der Waals surface area (Å²) < 4.78 is 43.5. The molecule has 2 saturated heterocycles. The number of aromatic nitrogens is 1. The predicted molar refractivity (Wildman–Crippen MR) is 179 cm³/mol. The van der Waals surface area contributed by atoms with E-state index in [1.165, 1.54) is 0 Å². The molecule has 5 aromatic rings. The molecule has 1 unspecified atom stereocenters. The number of nitrogens with one attached hydrogen (secondary N) is 1. The van der Waals surface area contributed by atoms with E-state index < -0.39 is 22.4 Å². The molecule has 0 spiro atoms. The van der Waals surface area contributed by atoms with Crippen LogP contribution in [0.3, 0.4) is 0 Å². The van der Waals surface area contributed by atoms with Crippen LogP contribution < -0.4 is 4.72 Å². The topological polar surface area (TPSA) is 121 Å². The number of para-hydroxylation sites is 1. The van der Waals surface area contributed by atoms with Gasteiger partial charge in [0.25, 0.3) is 10.0 Å². The Morgan fingerprint density at radius 1 is 0.851 bits per heavy atom. The summed E-state index contributed by atoms with van der Waals surface area (Å²) >= 11 is 0. The summed E-state index contributed by atoms with van der Waals surface area (Å²) in [5, 5.41) is 20.7. The number of benzene rings is 4. The Labute approximate surface area is 274 Å². The minimum atomic E-state index is -3.97. The van der Waals surface area contributed by atoms with E-state index in [4.69, 9.17) is 9.47 Å². The first-order chi connectivity index (χ1) is 22.9. The van der Waals surface area contributed by atoms with Crippen molar-refractivity contribution < 1.29 is 28.1 Å². The third-order valence-electron chi connectivity index (χ3n) is 8.95. The van der Waals surface area contributed by atoms with Crippen molar-refractivity contribution >= 4 is 26.6 Å². The fourth-order valence-electron chi connectivity index (χ4n) is 6.65. The van der Waals surface area contributed by atoms with Gasteiger partial charge in [0.1, 0.15) is 4.90 Å². The molecule has 47 heavy (non-hydrogen) atoms. The van der Waals surface area contributed by atoms with Crippen molar-refractivity contribution in [2.75, 3.05) is 24.4 Å². The summed E-state index contributed by atoms with van der Waals surface area (Å²) in [5.74, 6) is -0.175. The first-order valence-electron chi connectivity index (χ1n) is 15.8. The summed E-state index contributed by atoms with van der Waals surface area (Å²) in [6.07, 6.45) is 0.385. The van der Waals surface area contributed by atoms with E-state index in [1.54, 1.807) is 42.6 Å². The van der Waals surface area contributed by atoms with Crippen LogP contribution in [0.1, 0.15) is 47.0 Å². The second kappa shape index (κ2) is 13.5. The SMILES string of the molecule is O=S(=O)(Nc1cccc(C2O[C@H](CN3CC[C@@H](O)C3)[C@@H](c3ccccc3)[C@H](c3ccc(CO)cc3)O2)c1)c1cccc2cccnc12. The molecule has 2 fully saturated rings. The molecule has 0 aliphatic carbocycles. The number of hydrogen-bond acceptors (Lipinski definition) is 8. The molecule has 7 rings (SSSR count). The van der Waals surface area contributed by atoms with Crippen molar-refractivity contribution in [3.05, 3.63) is 138 Å². The Bertz CT molecular complexity index is 1930. The molecule has 4 aromatic carbocycles. The van der Waals surface area contributed by atoms with Crippen molar-refractivity contribution in [2.24, 2.45) is 0 Å². The van der Waals surface area contributed by atoms with Crippen LogP contribution in [0.2, 0.25) is 0 Å². The summed E-state index contributed by atoms with van der Waals surface area (Å²) in [4.78, 5) is 6.64. The minimum Gasteiger partial charge on any atom is -0.392 e. The lowest BCUT2D eigenvalue weighted by Crippen LogP contribution is -2.44. The van der Waals surface area contributed by atoms with Gasteiger partial charge in [-0.15, -0.1) is 0 Å². The molecule has 10 heteroatoms. The quantitative estimate of drug-likeness (QED) is 0.190. The van der Waals surface area contributed by atoms with Crippen LogP contribution in [-0.2, 0) is 26.1 Å². The monoisotopic (exact) mass is 651 g/mol. The zero-order valence-corrected chi connectivity index (χ0v) is 26.5. The maximum Gasteiger partial charge on any atom is 0.264 e. The van der Waals surface area contributed by atoms with Crippen LogP contribution >= 0.6 is 0 Å². The maximum absolute atomic E-state index is 13.6. The average molecular weight is 652 g/mol. The van der Waals surface area contributed by atoms with Crippen molar-refractivity contribution in [3.63, 3.8) is 0 Å². The average Bonchev–Trinajstić information content (AvgIpc) is 3.52. The molecule has 3 N–H and O–H groups in total. The standard InChI is InChI=1S/C37H37N3O6S/c41-24-25-14-16-28(17-15-25)36-34(26-7-2-1-3-8-26)32(23-40-20-18-31(42)22-40)45-37(46-36)29-10-4-12-30(21-29)39-47(43,44)33-13-5-9-27-11-6-19-38-35(27)33/h1-17,19,21,31-32,34,36-37,39,41-42H,18,20,22-24H2/t31-,32-,34-,36+,37?/m1/s1. The van der Waals surface area contributed by atoms with E-state index >= 15 is 0 Å². The first kappa shape index (κ1) is 31.4. The Morgan fingerprint density at radius 2 is 1.62 bits per heavy atom. The van der Waals surface area contributed by atoms with Gasteiger partial charge in [0.2, 0.25) is 0 Å². The van der Waals surface area contributed by atoms with Gasteiger partial charge in [-0.1, -0.05) is 84.9 Å². The van der Waals surface area contributed by atoms with Crippen LogP contribution in [0.25, 0.3) is 10.9 Å². The van der Waals surface area contributed by atoms with Gasteiger partial charge >= 0.3 is 0 Å². The third kappa shape index (κ3) is 6.80. The Hall–Kier alpha value is -4.16. The zero-order valence-electron chi connectivity index (χ0n) is 25.7. The number of sulfonamides is 1. The number of nitrogens with zero attached hydrogens (tertiary/aromatic N) is 2. The maximum atomic E-state index is 13.6. The van der Waals surface area contributed by atoms with E-state index in [-0.39, 0.29) is 29.6 Å². The van der Waals surface area contributed by atoms with Crippen LogP contribution in [-0.4, -0.2) is 60.4 Å². The third-order valence-corrected chi connectivity index (χ3v) is 10.4. The Balaban J connectivity index is 1.23. The molecular formula is C37H37N3O6S. The molecule has 242 valence electrons. The van der Waals surface area contributed by atoms with Crippen molar-refractivity contribution in [2.45, 2.75) is 48.4 Å². The van der Waals surface area contributed by atoms with E-state index in [0.29, 0.717) is 36.3 Å². The molecule has 1 aromatic heterocycles. The van der Waals surface area contributed by atoms with Crippen LogP contribution in [0.5, 0.6) is 0 Å². The molecule has 0 saturated carbocycles. The fraction of sp³-hybridized carbons (Fsp3) is 0.270. The van der Waals surface area contributed by atoms with Crippen LogP contribution in [0.4, 0.5) is 5.69 Å². The Morgan fingerprint density at radius 3 is 2.38 bits per heavy atom. The highest BCUT2D eigenvalue weighted by Gasteiger charge is 2.43. The highest BCUT2D eigenvalue weighted by atomic mass is 32.2. The molecule has 0 bridgehead atoms. The highest BCUT2D eigenvalue weighted by molar-refractivity contribution is 7.93. The lowest BCUT2D eigenvalue weighted by Gasteiger charge is -2.44. The van der Waals surface area contributed by atoms with E-state index in [0.717, 1.165) is 28.6 Å². The number of aliphatic hydroxyl groups excluding tert-OH is 2. The van der Waals surface area contributed by atoms with E-state index in [2.05, 4.69) is 26.7 Å². The number of β-amino-alcohol motifs (C(OH)–C–C–N with tert-alkyl or cyclic N) is 1. The minimum absolute atomic E-state index is 0.0584. The van der Waals surface area contributed by atoms with Crippen molar-refractivity contribution in [3.8, 4) is 0 Å².